The number of anilines is 1. The predicted octanol–water partition coefficient (Wildman–Crippen LogP) is 3.89. The number of amides is 1. The predicted molar refractivity (Wildman–Crippen MR) is 114 cm³/mol. The van der Waals surface area contributed by atoms with E-state index in [0.29, 0.717) is 10.6 Å². The van der Waals surface area contributed by atoms with Crippen molar-refractivity contribution < 1.29 is 22.0 Å². The number of carbonyl (C=O) groups excluding carboxylic acids is 1. The molecule has 2 heterocycles. The van der Waals surface area contributed by atoms with Crippen molar-refractivity contribution >= 4 is 38.9 Å². The lowest BCUT2D eigenvalue weighted by Gasteiger charge is -2.09. The Hall–Kier alpha value is -3.41. The third-order valence-electron chi connectivity index (χ3n) is 4.53. The van der Waals surface area contributed by atoms with Crippen molar-refractivity contribution in [3.05, 3.63) is 77.1 Å². The van der Waals surface area contributed by atoms with Gasteiger partial charge in [-0.05, 0) is 36.4 Å². The van der Waals surface area contributed by atoms with Crippen molar-refractivity contribution in [2.75, 3.05) is 5.32 Å². The van der Waals surface area contributed by atoms with Crippen LogP contribution >= 0.6 is 11.6 Å². The molecule has 0 atom stereocenters. The molecule has 4 aromatic rings. The molecule has 0 bridgehead atoms. The molecular weight excluding hydrogens is 464 g/mol. The van der Waals surface area contributed by atoms with Gasteiger partial charge in [-0.2, -0.15) is 5.10 Å². The molecule has 2 aromatic heterocycles. The Morgan fingerprint density at radius 2 is 1.84 bits per heavy atom. The number of carbonyl (C=O) groups is 1. The summed E-state index contributed by atoms with van der Waals surface area (Å²) < 4.78 is 51.3. The van der Waals surface area contributed by atoms with Gasteiger partial charge in [0.1, 0.15) is 11.3 Å². The molecule has 12 heteroatoms. The van der Waals surface area contributed by atoms with Crippen LogP contribution in [-0.4, -0.2) is 28.9 Å². The largest absolute Gasteiger partial charge is 0.322 e. The highest BCUT2D eigenvalue weighted by Gasteiger charge is 2.22. The van der Waals surface area contributed by atoms with Crippen LogP contribution in [0.1, 0.15) is 22.5 Å². The van der Waals surface area contributed by atoms with E-state index >= 15 is 0 Å². The molecule has 0 aliphatic heterocycles. The quantitative estimate of drug-likeness (QED) is 0.452. The second-order valence-electron chi connectivity index (χ2n) is 6.69. The van der Waals surface area contributed by atoms with E-state index in [-0.39, 0.29) is 27.5 Å². The Kier molecular flexibility index (Phi) is 5.63. The minimum absolute atomic E-state index is 0.0799. The average molecular weight is 478 g/mol. The van der Waals surface area contributed by atoms with Crippen molar-refractivity contribution in [2.24, 2.45) is 5.14 Å². The third kappa shape index (κ3) is 4.31. The molecule has 0 saturated carbocycles. The first-order valence-corrected chi connectivity index (χ1v) is 10.9. The van der Waals surface area contributed by atoms with E-state index in [9.17, 15) is 22.0 Å². The second kappa shape index (κ2) is 8.26. The van der Waals surface area contributed by atoms with Crippen molar-refractivity contribution in [3.63, 3.8) is 0 Å². The molecule has 0 unspecified atom stereocenters. The molecule has 0 aliphatic rings. The molecule has 0 radical (unpaired) electrons. The fraction of sp³-hybridized carbons (Fsp3) is 0.0500. The number of primary sulfonamides is 1. The van der Waals surface area contributed by atoms with Gasteiger partial charge in [0.05, 0.1) is 16.8 Å². The van der Waals surface area contributed by atoms with Crippen molar-refractivity contribution in [2.45, 2.75) is 11.3 Å². The average Bonchev–Trinajstić information content (AvgIpc) is 3.17. The van der Waals surface area contributed by atoms with Crippen molar-refractivity contribution in [3.8, 4) is 11.3 Å². The number of benzene rings is 2. The normalized spacial score (nSPS) is 11.8. The lowest BCUT2D eigenvalue weighted by atomic mass is 10.1. The maximum Gasteiger partial charge on any atom is 0.280 e. The Balaban J connectivity index is 1.78. The minimum Gasteiger partial charge on any atom is -0.322 e. The molecule has 32 heavy (non-hydrogen) atoms. The standard InChI is InChI=1S/C20H14ClF2N5O3S/c21-12-6-4-11(5-7-12)16-9-17(18(22)23)28-19(27-16)15(10-25-28)20(29)26-13-2-1-3-14(8-13)32(24,30)31/h1-10,18H,(H,26,29)(H2,24,30,31). The van der Waals surface area contributed by atoms with Crippen molar-refractivity contribution in [1.29, 1.82) is 0 Å². The van der Waals surface area contributed by atoms with Crippen LogP contribution in [0.15, 0.2) is 65.7 Å². The van der Waals surface area contributed by atoms with Crippen LogP contribution in [0, 0.1) is 0 Å². The number of hydrogen-bond donors (Lipinski definition) is 2. The van der Waals surface area contributed by atoms with Gasteiger partial charge in [-0.3, -0.25) is 4.79 Å². The van der Waals surface area contributed by atoms with E-state index in [1.807, 2.05) is 0 Å². The van der Waals surface area contributed by atoms with Gasteiger partial charge in [-0.1, -0.05) is 29.8 Å². The summed E-state index contributed by atoms with van der Waals surface area (Å²) in [5.74, 6) is -0.715. The van der Waals surface area contributed by atoms with Gasteiger partial charge in [0.2, 0.25) is 10.0 Å². The van der Waals surface area contributed by atoms with Crippen LogP contribution in [0.2, 0.25) is 5.02 Å². The van der Waals surface area contributed by atoms with Gasteiger partial charge in [-0.15, -0.1) is 0 Å². The number of rotatable bonds is 5. The number of fused-ring (bicyclic) bond motifs is 1. The number of alkyl halides is 2. The minimum atomic E-state index is -3.98. The van der Waals surface area contributed by atoms with Gasteiger partial charge >= 0.3 is 0 Å². The Bertz CT molecular complexity index is 1440. The molecule has 8 nitrogen and oxygen atoms in total. The van der Waals surface area contributed by atoms with Crippen LogP contribution < -0.4 is 10.5 Å². The van der Waals surface area contributed by atoms with E-state index in [2.05, 4.69) is 15.4 Å². The Morgan fingerprint density at radius 3 is 2.50 bits per heavy atom. The van der Waals surface area contributed by atoms with E-state index in [1.165, 1.54) is 30.3 Å². The van der Waals surface area contributed by atoms with Gasteiger partial charge in [0.25, 0.3) is 12.3 Å². The van der Waals surface area contributed by atoms with E-state index < -0.39 is 28.0 Å². The second-order valence-corrected chi connectivity index (χ2v) is 8.69. The van der Waals surface area contributed by atoms with Crippen LogP contribution in [0.25, 0.3) is 16.9 Å². The van der Waals surface area contributed by atoms with Crippen LogP contribution in [0.4, 0.5) is 14.5 Å². The van der Waals surface area contributed by atoms with E-state index in [0.717, 1.165) is 10.7 Å². The topological polar surface area (TPSA) is 119 Å². The molecule has 0 fully saturated rings. The monoisotopic (exact) mass is 477 g/mol. The molecule has 4 rings (SSSR count). The van der Waals surface area contributed by atoms with Gasteiger partial charge in [0, 0.05) is 16.3 Å². The first kappa shape index (κ1) is 21.8. The maximum absolute atomic E-state index is 13.7. The molecule has 1 amide bonds. The summed E-state index contributed by atoms with van der Waals surface area (Å²) in [6.45, 7) is 0. The summed E-state index contributed by atoms with van der Waals surface area (Å²) in [7, 11) is -3.98. The first-order valence-electron chi connectivity index (χ1n) is 9.00. The fourth-order valence-electron chi connectivity index (χ4n) is 3.02. The SMILES string of the molecule is NS(=O)(=O)c1cccc(NC(=O)c2cnn3c(C(F)F)cc(-c4ccc(Cl)cc4)nc23)c1. The number of sulfonamides is 1. The van der Waals surface area contributed by atoms with Crippen molar-refractivity contribution in [1.82, 2.24) is 14.6 Å². The number of halogens is 3. The third-order valence-corrected chi connectivity index (χ3v) is 5.69. The lowest BCUT2D eigenvalue weighted by Crippen LogP contribution is -2.15. The molecule has 0 spiro atoms. The number of hydrogen-bond acceptors (Lipinski definition) is 5. The zero-order valence-corrected chi connectivity index (χ0v) is 17.6. The lowest BCUT2D eigenvalue weighted by molar-refractivity contribution is 0.102. The fourth-order valence-corrected chi connectivity index (χ4v) is 3.70. The molecule has 2 aromatic carbocycles. The molecular formula is C20H14ClF2N5O3S. The smallest absolute Gasteiger partial charge is 0.280 e. The molecule has 0 saturated heterocycles. The van der Waals surface area contributed by atoms with Crippen LogP contribution in [0.5, 0.6) is 0 Å². The summed E-state index contributed by atoms with van der Waals surface area (Å²) in [6, 6.07) is 12.9. The molecule has 164 valence electrons. The van der Waals surface area contributed by atoms with E-state index in [4.69, 9.17) is 16.7 Å². The van der Waals surface area contributed by atoms with Crippen LogP contribution in [-0.2, 0) is 10.0 Å². The number of nitrogens with two attached hydrogens (primary N) is 1. The highest BCUT2D eigenvalue weighted by atomic mass is 35.5. The summed E-state index contributed by atoms with van der Waals surface area (Å²) >= 11 is 5.89. The maximum atomic E-state index is 13.7. The summed E-state index contributed by atoms with van der Waals surface area (Å²) in [6.07, 6.45) is -1.77. The summed E-state index contributed by atoms with van der Waals surface area (Å²) in [4.78, 5) is 17.0. The van der Waals surface area contributed by atoms with Gasteiger partial charge in [0.15, 0.2) is 5.65 Å². The number of aromatic nitrogens is 3. The zero-order chi connectivity index (χ0) is 23.0. The highest BCUT2D eigenvalue weighted by Crippen LogP contribution is 2.28. The molecule has 0 aliphatic carbocycles. The summed E-state index contributed by atoms with van der Waals surface area (Å²) in [5, 5.41) is 12.0. The summed E-state index contributed by atoms with van der Waals surface area (Å²) in [5.41, 5.74) is 0.248. The number of nitrogens with one attached hydrogen (secondary N) is 1. The van der Waals surface area contributed by atoms with E-state index in [1.54, 1.807) is 24.3 Å². The Labute approximate surface area is 185 Å². The zero-order valence-electron chi connectivity index (χ0n) is 16.0. The Morgan fingerprint density at radius 1 is 1.12 bits per heavy atom. The van der Waals surface area contributed by atoms with Gasteiger partial charge in [-0.25, -0.2) is 31.8 Å². The highest BCUT2D eigenvalue weighted by molar-refractivity contribution is 7.89. The number of nitrogens with zero attached hydrogens (tertiary/aromatic N) is 3. The van der Waals surface area contributed by atoms with Gasteiger partial charge < -0.3 is 5.32 Å². The molecule has 3 N–H and O–H groups in total. The van der Waals surface area contributed by atoms with Crippen LogP contribution in [0.3, 0.4) is 0 Å². The first-order chi connectivity index (χ1) is 15.1.